The third-order valence-electron chi connectivity index (χ3n) is 2.52. The quantitative estimate of drug-likeness (QED) is 0.671. The number of hydrogen-bond donors (Lipinski definition) is 1. The molecule has 0 unspecified atom stereocenters. The average Bonchev–Trinajstić information content (AvgIpc) is 2.37. The maximum Gasteiger partial charge on any atom is 0.242 e. The summed E-state index contributed by atoms with van der Waals surface area (Å²) >= 11 is 0. The van der Waals surface area contributed by atoms with Crippen LogP contribution in [0.15, 0.2) is 0 Å². The molecule has 18 heavy (non-hydrogen) atoms. The van der Waals surface area contributed by atoms with E-state index in [1.54, 1.807) is 7.11 Å². The minimum atomic E-state index is 0.596. The molecule has 6 heteroatoms. The van der Waals surface area contributed by atoms with Gasteiger partial charge in [0.25, 0.3) is 0 Å². The van der Waals surface area contributed by atoms with Crippen LogP contribution in [0.1, 0.15) is 24.2 Å². The van der Waals surface area contributed by atoms with Crippen molar-refractivity contribution >= 4 is 5.95 Å². The van der Waals surface area contributed by atoms with Gasteiger partial charge in [-0.1, -0.05) is 0 Å². The molecule has 6 nitrogen and oxygen atoms in total. The number of hydrogen-bond acceptors (Lipinski definition) is 6. The Hall–Kier alpha value is -1.27. The molecule has 0 aromatic carbocycles. The molecule has 1 N–H and O–H groups in total. The van der Waals surface area contributed by atoms with Gasteiger partial charge in [0.2, 0.25) is 5.95 Å². The summed E-state index contributed by atoms with van der Waals surface area (Å²) in [4.78, 5) is 4.30. The molecule has 0 bridgehead atoms. The number of aryl methyl sites for hydroxylation is 2. The fraction of sp³-hybridized carbons (Fsp3) is 0.750. The number of nitrogens with zero attached hydrogens (tertiary/aromatic N) is 3. The molecule has 0 fully saturated rings. The first-order chi connectivity index (χ1) is 8.74. The van der Waals surface area contributed by atoms with Crippen molar-refractivity contribution in [3.05, 3.63) is 11.4 Å². The Kier molecular flexibility index (Phi) is 7.20. The van der Waals surface area contributed by atoms with Gasteiger partial charge in [0, 0.05) is 20.3 Å². The van der Waals surface area contributed by atoms with Gasteiger partial charge in [-0.3, -0.25) is 0 Å². The van der Waals surface area contributed by atoms with Gasteiger partial charge in [-0.15, -0.1) is 5.10 Å². The van der Waals surface area contributed by atoms with Crippen molar-refractivity contribution in [1.82, 2.24) is 15.2 Å². The third kappa shape index (κ3) is 5.88. The maximum absolute atomic E-state index is 5.36. The fourth-order valence-corrected chi connectivity index (χ4v) is 1.31. The Bertz CT molecular complexity index is 347. The topological polar surface area (TPSA) is 69.2 Å². The van der Waals surface area contributed by atoms with Gasteiger partial charge in [-0.05, 0) is 26.7 Å². The largest absolute Gasteiger partial charge is 0.382 e. The van der Waals surface area contributed by atoms with Gasteiger partial charge >= 0.3 is 0 Å². The standard InChI is InChI=1S/C12H22N4O2/c1-10-11(2)15-16-12(14-10)13-6-4-5-7-18-9-8-17-3/h4-9H2,1-3H3,(H,13,14,16). The summed E-state index contributed by atoms with van der Waals surface area (Å²) in [5, 5.41) is 11.1. The molecule has 0 spiro atoms. The highest BCUT2D eigenvalue weighted by atomic mass is 16.5. The van der Waals surface area contributed by atoms with Crippen molar-refractivity contribution < 1.29 is 9.47 Å². The zero-order valence-electron chi connectivity index (χ0n) is 11.4. The Balaban J connectivity index is 2.05. The van der Waals surface area contributed by atoms with Crippen LogP contribution in [0.5, 0.6) is 0 Å². The molecule has 0 aliphatic rings. The van der Waals surface area contributed by atoms with Crippen molar-refractivity contribution in [1.29, 1.82) is 0 Å². The molecule has 102 valence electrons. The van der Waals surface area contributed by atoms with Gasteiger partial charge in [0.05, 0.1) is 24.6 Å². The number of aromatic nitrogens is 3. The first-order valence-electron chi connectivity index (χ1n) is 6.22. The SMILES string of the molecule is COCCOCCCCNc1nnc(C)c(C)n1. The Morgan fingerprint density at radius 2 is 1.83 bits per heavy atom. The van der Waals surface area contributed by atoms with E-state index in [9.17, 15) is 0 Å². The monoisotopic (exact) mass is 254 g/mol. The maximum atomic E-state index is 5.36. The molecular formula is C12H22N4O2. The second kappa shape index (κ2) is 8.77. The lowest BCUT2D eigenvalue weighted by atomic mass is 10.3. The molecule has 0 saturated heterocycles. The van der Waals surface area contributed by atoms with Crippen molar-refractivity contribution in [2.24, 2.45) is 0 Å². The van der Waals surface area contributed by atoms with Gasteiger partial charge in [0.15, 0.2) is 0 Å². The molecule has 0 aliphatic carbocycles. The van der Waals surface area contributed by atoms with Crippen LogP contribution < -0.4 is 5.32 Å². The lowest BCUT2D eigenvalue weighted by Crippen LogP contribution is -2.09. The van der Waals surface area contributed by atoms with Gasteiger partial charge in [0.1, 0.15) is 0 Å². The highest BCUT2D eigenvalue weighted by Gasteiger charge is 2.00. The summed E-state index contributed by atoms with van der Waals surface area (Å²) in [5.41, 5.74) is 1.78. The van der Waals surface area contributed by atoms with E-state index in [4.69, 9.17) is 9.47 Å². The summed E-state index contributed by atoms with van der Waals surface area (Å²) in [6.45, 7) is 6.73. The number of methoxy groups -OCH3 is 1. The minimum absolute atomic E-state index is 0.596. The predicted octanol–water partition coefficient (Wildman–Crippen LogP) is 1.34. The molecular weight excluding hydrogens is 232 g/mol. The lowest BCUT2D eigenvalue weighted by molar-refractivity contribution is 0.0691. The van der Waals surface area contributed by atoms with Crippen molar-refractivity contribution in [2.75, 3.05) is 38.8 Å². The summed E-state index contributed by atoms with van der Waals surface area (Å²) < 4.78 is 10.3. The van der Waals surface area contributed by atoms with E-state index in [0.29, 0.717) is 19.2 Å². The molecule has 1 aromatic rings. The van der Waals surface area contributed by atoms with Crippen LogP contribution >= 0.6 is 0 Å². The minimum Gasteiger partial charge on any atom is -0.382 e. The third-order valence-corrected chi connectivity index (χ3v) is 2.52. The summed E-state index contributed by atoms with van der Waals surface area (Å²) in [7, 11) is 1.67. The van der Waals surface area contributed by atoms with Gasteiger partial charge < -0.3 is 14.8 Å². The van der Waals surface area contributed by atoms with Crippen LogP contribution in [0.2, 0.25) is 0 Å². The number of unbranched alkanes of at least 4 members (excludes halogenated alkanes) is 1. The van der Waals surface area contributed by atoms with E-state index in [-0.39, 0.29) is 0 Å². The van der Waals surface area contributed by atoms with E-state index in [1.807, 2.05) is 13.8 Å². The van der Waals surface area contributed by atoms with Crippen LogP contribution in [0, 0.1) is 13.8 Å². The Morgan fingerprint density at radius 1 is 1.00 bits per heavy atom. The molecule has 1 aromatic heterocycles. The van der Waals surface area contributed by atoms with E-state index in [1.165, 1.54) is 0 Å². The molecule has 0 atom stereocenters. The second-order valence-electron chi connectivity index (χ2n) is 4.05. The smallest absolute Gasteiger partial charge is 0.242 e. The molecule has 1 heterocycles. The summed E-state index contributed by atoms with van der Waals surface area (Å²) in [6, 6.07) is 0. The Morgan fingerprint density at radius 3 is 2.56 bits per heavy atom. The number of rotatable bonds is 9. The molecule has 0 saturated carbocycles. The Labute approximate surface area is 108 Å². The highest BCUT2D eigenvalue weighted by molar-refractivity contribution is 5.24. The number of anilines is 1. The molecule has 0 amide bonds. The second-order valence-corrected chi connectivity index (χ2v) is 4.05. The zero-order valence-corrected chi connectivity index (χ0v) is 11.4. The number of ether oxygens (including phenoxy) is 2. The summed E-state index contributed by atoms with van der Waals surface area (Å²) in [5.74, 6) is 0.596. The van der Waals surface area contributed by atoms with E-state index in [0.717, 1.165) is 37.4 Å². The van der Waals surface area contributed by atoms with Crippen LogP contribution in [0.3, 0.4) is 0 Å². The van der Waals surface area contributed by atoms with E-state index >= 15 is 0 Å². The first kappa shape index (κ1) is 14.8. The van der Waals surface area contributed by atoms with Crippen LogP contribution in [-0.2, 0) is 9.47 Å². The summed E-state index contributed by atoms with van der Waals surface area (Å²) in [6.07, 6.45) is 2.03. The predicted molar refractivity (Wildman–Crippen MR) is 69.7 cm³/mol. The van der Waals surface area contributed by atoms with Crippen molar-refractivity contribution in [3.63, 3.8) is 0 Å². The highest BCUT2D eigenvalue weighted by Crippen LogP contribution is 2.02. The molecule has 1 rings (SSSR count). The van der Waals surface area contributed by atoms with Gasteiger partial charge in [-0.2, -0.15) is 5.10 Å². The molecule has 0 radical (unpaired) electrons. The lowest BCUT2D eigenvalue weighted by Gasteiger charge is -2.06. The fourth-order valence-electron chi connectivity index (χ4n) is 1.31. The van der Waals surface area contributed by atoms with Crippen LogP contribution in [0.4, 0.5) is 5.95 Å². The van der Waals surface area contributed by atoms with Crippen molar-refractivity contribution in [3.8, 4) is 0 Å². The zero-order chi connectivity index (χ0) is 13.2. The number of nitrogens with one attached hydrogen (secondary N) is 1. The normalized spacial score (nSPS) is 10.6. The first-order valence-corrected chi connectivity index (χ1v) is 6.22. The van der Waals surface area contributed by atoms with E-state index < -0.39 is 0 Å². The van der Waals surface area contributed by atoms with E-state index in [2.05, 4.69) is 20.5 Å². The van der Waals surface area contributed by atoms with Crippen LogP contribution in [-0.4, -0.2) is 48.7 Å². The molecule has 0 aliphatic heterocycles. The average molecular weight is 254 g/mol. The van der Waals surface area contributed by atoms with Crippen molar-refractivity contribution in [2.45, 2.75) is 26.7 Å². The van der Waals surface area contributed by atoms with Crippen LogP contribution in [0.25, 0.3) is 0 Å². The van der Waals surface area contributed by atoms with Gasteiger partial charge in [-0.25, -0.2) is 4.98 Å².